The maximum absolute atomic E-state index is 11.7. The van der Waals surface area contributed by atoms with Crippen molar-refractivity contribution in [1.29, 1.82) is 0 Å². The van der Waals surface area contributed by atoms with Gasteiger partial charge in [0.15, 0.2) is 5.78 Å². The van der Waals surface area contributed by atoms with Crippen molar-refractivity contribution in [2.24, 2.45) is 35.0 Å². The van der Waals surface area contributed by atoms with E-state index in [1.807, 2.05) is 6.08 Å². The lowest BCUT2D eigenvalue weighted by atomic mass is 9.51. The highest BCUT2D eigenvalue weighted by Crippen LogP contribution is 2.63. The SMILES string of the molecule is C#C[C@H]1CCC2C3CCC4=CC(=O)CCC4C3CC[C@@]21C. The molecule has 0 aromatic rings. The summed E-state index contributed by atoms with van der Waals surface area (Å²) in [7, 11) is 0. The van der Waals surface area contributed by atoms with Gasteiger partial charge in [0.1, 0.15) is 0 Å². The molecule has 1 nitrogen and oxygen atoms in total. The van der Waals surface area contributed by atoms with Crippen molar-refractivity contribution in [1.82, 2.24) is 0 Å². The normalized spacial score (nSPS) is 48.7. The summed E-state index contributed by atoms with van der Waals surface area (Å²) in [6, 6.07) is 0. The van der Waals surface area contributed by atoms with Gasteiger partial charge in [0, 0.05) is 12.3 Å². The average molecular weight is 282 g/mol. The van der Waals surface area contributed by atoms with Gasteiger partial charge in [-0.1, -0.05) is 12.5 Å². The lowest BCUT2D eigenvalue weighted by Gasteiger charge is -2.53. The van der Waals surface area contributed by atoms with Crippen LogP contribution in [0.5, 0.6) is 0 Å². The Morgan fingerprint density at radius 2 is 2.00 bits per heavy atom. The third-order valence-corrected chi connectivity index (χ3v) is 7.50. The number of terminal acetylenes is 1. The first-order valence-corrected chi connectivity index (χ1v) is 8.83. The van der Waals surface area contributed by atoms with Gasteiger partial charge in [-0.25, -0.2) is 0 Å². The average Bonchev–Trinajstić information content (AvgIpc) is 2.83. The van der Waals surface area contributed by atoms with Crippen LogP contribution in [0, 0.1) is 47.3 Å². The molecule has 0 saturated heterocycles. The van der Waals surface area contributed by atoms with Crippen molar-refractivity contribution < 1.29 is 4.79 Å². The van der Waals surface area contributed by atoms with E-state index in [1.165, 1.54) is 44.1 Å². The fourth-order valence-corrected chi connectivity index (χ4v) is 6.45. The lowest BCUT2D eigenvalue weighted by molar-refractivity contribution is -0.116. The minimum atomic E-state index is 0.369. The predicted octanol–water partition coefficient (Wildman–Crippen LogP) is 4.38. The summed E-state index contributed by atoms with van der Waals surface area (Å²) in [6.07, 6.45) is 17.4. The monoisotopic (exact) mass is 282 g/mol. The Morgan fingerprint density at radius 1 is 1.14 bits per heavy atom. The number of fused-ring (bicyclic) bond motifs is 5. The molecule has 0 bridgehead atoms. The van der Waals surface area contributed by atoms with Gasteiger partial charge in [0.05, 0.1) is 0 Å². The topological polar surface area (TPSA) is 17.1 Å². The molecule has 0 radical (unpaired) electrons. The second-order valence-electron chi connectivity index (χ2n) is 8.14. The van der Waals surface area contributed by atoms with E-state index in [0.717, 1.165) is 36.5 Å². The van der Waals surface area contributed by atoms with E-state index in [0.29, 0.717) is 17.1 Å². The zero-order valence-electron chi connectivity index (χ0n) is 13.1. The maximum atomic E-state index is 11.7. The molecule has 4 aliphatic rings. The van der Waals surface area contributed by atoms with Gasteiger partial charge in [0.2, 0.25) is 0 Å². The molecule has 0 aromatic carbocycles. The Kier molecular flexibility index (Phi) is 3.07. The van der Waals surface area contributed by atoms with Crippen LogP contribution in [-0.2, 0) is 4.79 Å². The Balaban J connectivity index is 1.63. The van der Waals surface area contributed by atoms with Crippen LogP contribution in [-0.4, -0.2) is 5.78 Å². The predicted molar refractivity (Wildman–Crippen MR) is 84.4 cm³/mol. The summed E-state index contributed by atoms with van der Waals surface area (Å²) >= 11 is 0. The van der Waals surface area contributed by atoms with Crippen LogP contribution in [0.15, 0.2) is 11.6 Å². The van der Waals surface area contributed by atoms with Gasteiger partial charge >= 0.3 is 0 Å². The molecule has 3 fully saturated rings. The van der Waals surface area contributed by atoms with Crippen molar-refractivity contribution in [2.75, 3.05) is 0 Å². The quantitative estimate of drug-likeness (QED) is 0.603. The van der Waals surface area contributed by atoms with Crippen molar-refractivity contribution in [3.63, 3.8) is 0 Å². The van der Waals surface area contributed by atoms with E-state index < -0.39 is 0 Å². The summed E-state index contributed by atoms with van der Waals surface area (Å²) in [5.74, 6) is 7.26. The first-order valence-electron chi connectivity index (χ1n) is 8.83. The van der Waals surface area contributed by atoms with Gasteiger partial charge in [-0.3, -0.25) is 4.79 Å². The van der Waals surface area contributed by atoms with Gasteiger partial charge in [0.25, 0.3) is 0 Å². The van der Waals surface area contributed by atoms with E-state index in [2.05, 4.69) is 12.8 Å². The molecule has 0 aliphatic heterocycles. The minimum absolute atomic E-state index is 0.369. The van der Waals surface area contributed by atoms with E-state index in [-0.39, 0.29) is 0 Å². The highest BCUT2D eigenvalue weighted by Gasteiger charge is 2.55. The molecule has 4 rings (SSSR count). The van der Waals surface area contributed by atoms with E-state index >= 15 is 0 Å². The molecule has 0 heterocycles. The standard InChI is InChI=1S/C20H26O/c1-3-14-5-9-19-18-7-4-13-12-15(21)6-8-16(13)17(18)10-11-20(14,19)2/h1,12,14,16-19H,4-11H2,2H3/t14-,16?,17?,18?,19?,20+/m0/s1. The largest absolute Gasteiger partial charge is 0.295 e. The fourth-order valence-electron chi connectivity index (χ4n) is 6.45. The molecule has 4 unspecified atom stereocenters. The molecule has 112 valence electrons. The summed E-state index contributed by atoms with van der Waals surface area (Å²) in [5, 5.41) is 0. The number of carbonyl (C=O) groups is 1. The van der Waals surface area contributed by atoms with Crippen molar-refractivity contribution in [2.45, 2.75) is 58.3 Å². The number of allylic oxidation sites excluding steroid dienone is 1. The van der Waals surface area contributed by atoms with Crippen LogP contribution >= 0.6 is 0 Å². The van der Waals surface area contributed by atoms with Crippen molar-refractivity contribution in [3.8, 4) is 12.3 Å². The number of hydrogen-bond donors (Lipinski definition) is 0. The number of rotatable bonds is 0. The van der Waals surface area contributed by atoms with Crippen molar-refractivity contribution in [3.05, 3.63) is 11.6 Å². The van der Waals surface area contributed by atoms with E-state index in [4.69, 9.17) is 6.42 Å². The molecule has 3 saturated carbocycles. The third kappa shape index (κ3) is 1.88. The zero-order chi connectivity index (χ0) is 14.6. The zero-order valence-corrected chi connectivity index (χ0v) is 13.1. The van der Waals surface area contributed by atoms with Crippen LogP contribution in [0.1, 0.15) is 58.3 Å². The van der Waals surface area contributed by atoms with Crippen molar-refractivity contribution >= 4 is 5.78 Å². The summed E-state index contributed by atoms with van der Waals surface area (Å²) in [5.41, 5.74) is 1.89. The van der Waals surface area contributed by atoms with Gasteiger partial charge in [-0.15, -0.1) is 12.3 Å². The maximum Gasteiger partial charge on any atom is 0.155 e. The first-order chi connectivity index (χ1) is 10.1. The third-order valence-electron chi connectivity index (χ3n) is 7.50. The van der Waals surface area contributed by atoms with Crippen LogP contribution in [0.4, 0.5) is 0 Å². The minimum Gasteiger partial charge on any atom is -0.295 e. The van der Waals surface area contributed by atoms with Gasteiger partial charge in [-0.2, -0.15) is 0 Å². The highest BCUT2D eigenvalue weighted by atomic mass is 16.1. The van der Waals surface area contributed by atoms with Crippen LogP contribution < -0.4 is 0 Å². The number of hydrogen-bond acceptors (Lipinski definition) is 1. The van der Waals surface area contributed by atoms with Gasteiger partial charge < -0.3 is 0 Å². The Morgan fingerprint density at radius 3 is 2.81 bits per heavy atom. The molecular weight excluding hydrogens is 256 g/mol. The van der Waals surface area contributed by atoms with Crippen LogP contribution in [0.25, 0.3) is 0 Å². The molecule has 0 spiro atoms. The molecule has 0 aromatic heterocycles. The second-order valence-corrected chi connectivity index (χ2v) is 8.14. The summed E-state index contributed by atoms with van der Waals surface area (Å²) in [4.78, 5) is 11.7. The Bertz CT molecular complexity index is 537. The number of ketones is 1. The summed E-state index contributed by atoms with van der Waals surface area (Å²) in [6.45, 7) is 2.47. The fraction of sp³-hybridized carbons (Fsp3) is 0.750. The Hall–Kier alpha value is -1.03. The lowest BCUT2D eigenvalue weighted by Crippen LogP contribution is -2.46. The van der Waals surface area contributed by atoms with Gasteiger partial charge in [-0.05, 0) is 80.1 Å². The molecular formula is C20H26O. The molecule has 4 aliphatic carbocycles. The highest BCUT2D eigenvalue weighted by molar-refractivity contribution is 5.91. The second kappa shape index (κ2) is 4.73. The number of carbonyl (C=O) groups excluding carboxylic acids is 1. The van der Waals surface area contributed by atoms with Crippen LogP contribution in [0.2, 0.25) is 0 Å². The molecule has 0 N–H and O–H groups in total. The van der Waals surface area contributed by atoms with E-state index in [9.17, 15) is 4.79 Å². The van der Waals surface area contributed by atoms with Crippen LogP contribution in [0.3, 0.4) is 0 Å². The molecule has 21 heavy (non-hydrogen) atoms. The molecule has 0 amide bonds. The first kappa shape index (κ1) is 13.6. The smallest absolute Gasteiger partial charge is 0.155 e. The summed E-state index contributed by atoms with van der Waals surface area (Å²) < 4.78 is 0. The Labute approximate surface area is 128 Å². The molecule has 6 atom stereocenters. The van der Waals surface area contributed by atoms with E-state index in [1.54, 1.807) is 0 Å². The molecule has 1 heteroatoms.